The van der Waals surface area contributed by atoms with Crippen LogP contribution in [0.25, 0.3) is 0 Å². The standard InChI is InChI=1S/C33H41ClN2O3S.C7H5O.Na/c1-21-5-3-6-25(18-37)28-11-8-24(28)17-36-19-33(14-4-7-23-15-26(34)9-12-29(23)33)20-39-31-13-10-27(16-30(31)36)40-35-32(38)22(21)2;8-6-7-4-2-1-3-5-7;/h3,6,9-10,12-13,15-16,21-22,24-25,28,37H,4-5,7-8,11,14,17-20H2,1-2H3,(H,35,38);1-5H;/q;-1;+1/b6-3+;;/t21?,22?,24?,25?,28?,33-;;/m0../s1. The molecular weight excluding hydrogens is 663 g/mol. The first-order valence-electron chi connectivity index (χ1n) is 17.3. The van der Waals surface area contributed by atoms with E-state index in [-0.39, 0.29) is 65.2 Å². The maximum atomic E-state index is 13.0. The van der Waals surface area contributed by atoms with Crippen LogP contribution in [0.4, 0.5) is 5.69 Å². The summed E-state index contributed by atoms with van der Waals surface area (Å²) in [6.45, 7) is 6.76. The van der Waals surface area contributed by atoms with E-state index in [0.717, 1.165) is 66.5 Å². The summed E-state index contributed by atoms with van der Waals surface area (Å²) in [5.74, 6) is 2.21. The maximum Gasteiger partial charge on any atom is 1.00 e. The number of aliphatic hydroxyl groups is 1. The van der Waals surface area contributed by atoms with Crippen molar-refractivity contribution < 1.29 is 49.0 Å². The number of fused-ring (bicyclic) bond motifs is 4. The monoisotopic (exact) mass is 708 g/mol. The SMILES string of the molecule is CC1C/C=C/C(CO)C2CCC2CN2C[C@@]3(CCCc4cc(Cl)ccc43)COc3ccc(cc32)SNC(=O)C1C.O=[C-]c1ccccc1.[Na+]. The molecule has 0 aromatic heterocycles. The van der Waals surface area contributed by atoms with Crippen molar-refractivity contribution in [2.45, 2.75) is 62.7 Å². The summed E-state index contributed by atoms with van der Waals surface area (Å²) in [7, 11) is 0. The van der Waals surface area contributed by atoms with Gasteiger partial charge in [0.1, 0.15) is 5.75 Å². The molecule has 6 nitrogen and oxygen atoms in total. The molecule has 7 rings (SSSR count). The zero-order valence-electron chi connectivity index (χ0n) is 28.9. The van der Waals surface area contributed by atoms with Crippen molar-refractivity contribution in [3.63, 3.8) is 0 Å². The van der Waals surface area contributed by atoms with Crippen LogP contribution in [-0.4, -0.2) is 43.6 Å². The summed E-state index contributed by atoms with van der Waals surface area (Å²) >= 11 is 7.82. The van der Waals surface area contributed by atoms with Crippen molar-refractivity contribution in [3.05, 3.63) is 101 Å². The topological polar surface area (TPSA) is 78.9 Å². The van der Waals surface area contributed by atoms with Crippen LogP contribution in [0.15, 0.2) is 83.8 Å². The fraction of sp³-hybridized carbons (Fsp3) is 0.450. The van der Waals surface area contributed by atoms with Crippen molar-refractivity contribution in [1.82, 2.24) is 4.72 Å². The second-order valence-corrected chi connectivity index (χ2v) is 15.4. The van der Waals surface area contributed by atoms with Crippen LogP contribution in [0.5, 0.6) is 5.75 Å². The van der Waals surface area contributed by atoms with Crippen LogP contribution in [-0.2, 0) is 21.4 Å². The van der Waals surface area contributed by atoms with Gasteiger partial charge < -0.3 is 19.5 Å². The summed E-state index contributed by atoms with van der Waals surface area (Å²) < 4.78 is 9.75. The van der Waals surface area contributed by atoms with E-state index in [1.54, 1.807) is 30.6 Å². The molecule has 3 aromatic rings. The third-order valence-corrected chi connectivity index (χ3v) is 12.0. The van der Waals surface area contributed by atoms with Gasteiger partial charge in [-0.05, 0) is 110 Å². The number of aryl methyl sites for hydroxylation is 1. The minimum absolute atomic E-state index is 0. The van der Waals surface area contributed by atoms with Crippen molar-refractivity contribution >= 4 is 41.4 Å². The van der Waals surface area contributed by atoms with Gasteiger partial charge in [0.2, 0.25) is 5.91 Å². The minimum Gasteiger partial charge on any atom is -0.490 e. The number of nitrogens with one attached hydrogen (secondary N) is 1. The molecule has 0 saturated heterocycles. The molecule has 49 heavy (non-hydrogen) atoms. The van der Waals surface area contributed by atoms with Crippen molar-refractivity contribution in [2.24, 2.45) is 29.6 Å². The first-order chi connectivity index (χ1) is 23.3. The summed E-state index contributed by atoms with van der Waals surface area (Å²) in [4.78, 5) is 26.4. The number of amides is 1. The van der Waals surface area contributed by atoms with E-state index >= 15 is 0 Å². The average Bonchev–Trinajstić information content (AvgIpc) is 3.25. The minimum atomic E-state index is -0.110. The summed E-state index contributed by atoms with van der Waals surface area (Å²) in [6.07, 6.45) is 12.6. The Morgan fingerprint density at radius 2 is 1.92 bits per heavy atom. The van der Waals surface area contributed by atoms with E-state index in [0.29, 0.717) is 24.0 Å². The van der Waals surface area contributed by atoms with E-state index < -0.39 is 0 Å². The predicted molar refractivity (Wildman–Crippen MR) is 194 cm³/mol. The van der Waals surface area contributed by atoms with Crippen LogP contribution in [0.2, 0.25) is 5.02 Å². The second kappa shape index (κ2) is 17.3. The number of hydrogen-bond acceptors (Lipinski definition) is 6. The molecule has 4 aliphatic rings. The maximum absolute atomic E-state index is 13.0. The molecule has 9 heteroatoms. The summed E-state index contributed by atoms with van der Waals surface area (Å²) in [6, 6.07) is 21.6. The molecule has 1 spiro atoms. The number of rotatable bonds is 2. The Hall–Kier alpha value is -2.26. The third-order valence-electron chi connectivity index (χ3n) is 11.0. The zero-order valence-corrected chi connectivity index (χ0v) is 32.4. The number of hydrogen-bond donors (Lipinski definition) is 2. The van der Waals surface area contributed by atoms with E-state index in [4.69, 9.17) is 16.3 Å². The fourth-order valence-corrected chi connectivity index (χ4v) is 8.71. The van der Waals surface area contributed by atoms with E-state index in [9.17, 15) is 14.7 Å². The number of halogens is 1. The number of aliphatic hydroxyl groups excluding tert-OH is 1. The zero-order chi connectivity index (χ0) is 33.7. The molecule has 2 bridgehead atoms. The molecule has 2 N–H and O–H groups in total. The van der Waals surface area contributed by atoms with Gasteiger partial charge in [-0.3, -0.25) is 9.52 Å². The van der Waals surface area contributed by atoms with Crippen LogP contribution < -0.4 is 43.9 Å². The van der Waals surface area contributed by atoms with Gasteiger partial charge in [0, 0.05) is 46.9 Å². The molecule has 1 amide bonds. The van der Waals surface area contributed by atoms with Crippen LogP contribution in [0.3, 0.4) is 0 Å². The van der Waals surface area contributed by atoms with E-state index in [1.165, 1.54) is 29.5 Å². The summed E-state index contributed by atoms with van der Waals surface area (Å²) in [5.41, 5.74) is 4.31. The molecule has 1 saturated carbocycles. The van der Waals surface area contributed by atoms with Crippen molar-refractivity contribution in [3.8, 4) is 5.75 Å². The van der Waals surface area contributed by atoms with Gasteiger partial charge in [0.05, 0.1) is 18.6 Å². The molecule has 3 aromatic carbocycles. The first kappa shape index (κ1) is 38.0. The number of nitrogens with zero attached hydrogens (tertiary/aromatic N) is 1. The van der Waals surface area contributed by atoms with Gasteiger partial charge in [-0.25, -0.2) is 0 Å². The molecule has 2 aliphatic carbocycles. The predicted octanol–water partition coefficient (Wildman–Crippen LogP) is 4.95. The Bertz CT molecular complexity index is 1620. The van der Waals surface area contributed by atoms with E-state index in [2.05, 4.69) is 59.0 Å². The van der Waals surface area contributed by atoms with Crippen LogP contribution in [0, 0.1) is 29.6 Å². The second-order valence-electron chi connectivity index (χ2n) is 14.0. The van der Waals surface area contributed by atoms with Gasteiger partial charge in [-0.2, -0.15) is 17.7 Å². The Morgan fingerprint density at radius 1 is 1.10 bits per heavy atom. The smallest absolute Gasteiger partial charge is 0.490 e. The molecule has 2 heterocycles. The van der Waals surface area contributed by atoms with Crippen molar-refractivity contribution in [1.29, 1.82) is 0 Å². The Balaban J connectivity index is 0.000000459. The largest absolute Gasteiger partial charge is 1.00 e. The molecule has 0 radical (unpaired) electrons. The number of carbonyl (C=O) groups excluding carboxylic acids is 2. The molecule has 254 valence electrons. The number of anilines is 1. The molecule has 5 unspecified atom stereocenters. The number of allylic oxidation sites excluding steroid dienone is 1. The third kappa shape index (κ3) is 8.80. The molecule has 1 fully saturated rings. The first-order valence-corrected chi connectivity index (χ1v) is 18.5. The normalized spacial score (nSPS) is 28.4. The quantitative estimate of drug-likeness (QED) is 0.170. The van der Waals surface area contributed by atoms with Crippen LogP contribution in [0.1, 0.15) is 62.6 Å². The van der Waals surface area contributed by atoms with Gasteiger partial charge >= 0.3 is 29.6 Å². The van der Waals surface area contributed by atoms with Gasteiger partial charge in [0.25, 0.3) is 0 Å². The Kier molecular flexibility index (Phi) is 13.4. The number of carbonyl (C=O) groups is 1. The van der Waals surface area contributed by atoms with Gasteiger partial charge in [0.15, 0.2) is 0 Å². The number of benzene rings is 3. The van der Waals surface area contributed by atoms with Crippen LogP contribution >= 0.6 is 23.5 Å². The molecule has 6 atom stereocenters. The molecular formula is C40H46ClN2NaO4S. The molecule has 2 aliphatic heterocycles. The van der Waals surface area contributed by atoms with Crippen molar-refractivity contribution in [2.75, 3.05) is 31.2 Å². The van der Waals surface area contributed by atoms with Gasteiger partial charge in [-0.1, -0.05) is 49.7 Å². The fourth-order valence-electron chi connectivity index (χ4n) is 7.80. The Labute approximate surface area is 322 Å². The van der Waals surface area contributed by atoms with Gasteiger partial charge in [-0.15, -0.1) is 12.1 Å². The van der Waals surface area contributed by atoms with E-state index in [1.807, 2.05) is 19.1 Å². The Morgan fingerprint density at radius 3 is 2.63 bits per heavy atom. The summed E-state index contributed by atoms with van der Waals surface area (Å²) in [5, 5.41) is 11.2. The average molecular weight is 709 g/mol. The number of ether oxygens (including phenoxy) is 1.